The van der Waals surface area contributed by atoms with E-state index < -0.39 is 30.1 Å². The Kier molecular flexibility index (Phi) is 12.2. The van der Waals surface area contributed by atoms with Crippen LogP contribution in [0, 0.1) is 0 Å². The Hall–Kier alpha value is -0.370. The summed E-state index contributed by atoms with van der Waals surface area (Å²) in [6.45, 7) is 7.31. The van der Waals surface area contributed by atoms with Gasteiger partial charge in [0, 0.05) is 0 Å². The van der Waals surface area contributed by atoms with E-state index in [9.17, 15) is 33.3 Å². The van der Waals surface area contributed by atoms with E-state index in [1.807, 2.05) is 20.8 Å². The zero-order chi connectivity index (χ0) is 22.0. The molecule has 0 N–H and O–H groups in total. The second-order valence-corrected chi connectivity index (χ2v) is 10.5. The van der Waals surface area contributed by atoms with E-state index in [-0.39, 0.29) is 0 Å². The van der Waals surface area contributed by atoms with Crippen LogP contribution in [0.2, 0.25) is 0 Å². The minimum Gasteiger partial charge on any atom is -0.790 e. The smallest absolute Gasteiger partial charge is 0.278 e. The number of hydrogen-bond acceptors (Lipinski definition) is 10. The average Bonchev–Trinajstić information content (AvgIpc) is 2.42. The van der Waals surface area contributed by atoms with Crippen molar-refractivity contribution < 1.29 is 46.4 Å². The molecule has 0 radical (unpaired) electrons. The summed E-state index contributed by atoms with van der Waals surface area (Å²) in [4.78, 5) is 42.8. The minimum absolute atomic E-state index is 0.526. The molecule has 0 bridgehead atoms. The minimum atomic E-state index is -5.98. The molecule has 10 nitrogen and oxygen atoms in total. The van der Waals surface area contributed by atoms with E-state index in [4.69, 9.17) is 0 Å². The summed E-state index contributed by atoms with van der Waals surface area (Å²) in [6, 6.07) is 0. The first kappa shape index (κ1) is 27.6. The third-order valence-corrected chi connectivity index (χ3v) is 6.85. The van der Waals surface area contributed by atoms with Gasteiger partial charge < -0.3 is 28.7 Å². The quantitative estimate of drug-likeness (QED) is 0.294. The van der Waals surface area contributed by atoms with E-state index in [2.05, 4.69) is 25.3 Å². The van der Waals surface area contributed by atoms with Gasteiger partial charge in [-0.1, -0.05) is 34.9 Å². The van der Waals surface area contributed by atoms with E-state index >= 15 is 0 Å². The highest BCUT2D eigenvalue weighted by Gasteiger charge is 2.21. The molecule has 0 amide bonds. The van der Waals surface area contributed by atoms with Crippen LogP contribution >= 0.6 is 23.5 Å². The Morgan fingerprint density at radius 2 is 1.25 bits per heavy atom. The van der Waals surface area contributed by atoms with Crippen LogP contribution < -0.4 is 19.6 Å². The molecule has 2 atom stereocenters. The summed E-state index contributed by atoms with van der Waals surface area (Å²) in [6.07, 6.45) is 8.92. The molecule has 164 valence electrons. The highest BCUT2D eigenvalue weighted by Crippen LogP contribution is 2.60. The maximum Gasteiger partial charge on any atom is 0.278 e. The zero-order valence-electron chi connectivity index (χ0n) is 16.2. The Morgan fingerprint density at radius 1 is 0.750 bits per heavy atom. The predicted octanol–water partition coefficient (Wildman–Crippen LogP) is 2.22. The number of allylic oxidation sites excluding steroid dienone is 5. The Labute approximate surface area is 165 Å². The van der Waals surface area contributed by atoms with Crippen molar-refractivity contribution in [2.45, 2.75) is 53.4 Å². The molecule has 0 aliphatic carbocycles. The average molecular weight is 458 g/mol. The van der Waals surface area contributed by atoms with Gasteiger partial charge >= 0.3 is 0 Å². The van der Waals surface area contributed by atoms with Crippen molar-refractivity contribution in [3.8, 4) is 0 Å². The number of phosphoric ester groups is 1. The molecule has 0 aromatic heterocycles. The van der Waals surface area contributed by atoms with E-state index in [0.29, 0.717) is 6.42 Å². The number of hydrogen-bond donors (Lipinski definition) is 0. The molecule has 0 spiro atoms. The van der Waals surface area contributed by atoms with Crippen molar-refractivity contribution in [1.82, 2.24) is 0 Å². The van der Waals surface area contributed by atoms with Crippen LogP contribution in [0.25, 0.3) is 0 Å². The maximum absolute atomic E-state index is 11.4. The fraction of sp³-hybridized carbons (Fsp3) is 0.600. The summed E-state index contributed by atoms with van der Waals surface area (Å²) in [5, 5.41) is 0. The summed E-state index contributed by atoms with van der Waals surface area (Å²) < 4.78 is 43.4. The molecule has 0 heterocycles. The van der Waals surface area contributed by atoms with Crippen molar-refractivity contribution >= 4 is 23.5 Å². The molecular weight excluding hydrogens is 433 g/mol. The highest BCUT2D eigenvalue weighted by molar-refractivity contribution is 7.64. The predicted molar refractivity (Wildman–Crippen MR) is 96.4 cm³/mol. The Morgan fingerprint density at radius 3 is 1.75 bits per heavy atom. The first-order chi connectivity index (χ1) is 12.6. The monoisotopic (exact) mass is 458 g/mol. The summed E-state index contributed by atoms with van der Waals surface area (Å²) in [5.41, 5.74) is 3.29. The molecule has 0 aromatic carbocycles. The lowest BCUT2D eigenvalue weighted by Gasteiger charge is -2.37. The summed E-state index contributed by atoms with van der Waals surface area (Å²) >= 11 is 0. The van der Waals surface area contributed by atoms with Gasteiger partial charge in [0.05, 0.1) is 14.4 Å². The van der Waals surface area contributed by atoms with Crippen molar-refractivity contribution in [3.05, 3.63) is 34.9 Å². The molecule has 0 aromatic rings. The Bertz CT molecular complexity index is 730. The van der Waals surface area contributed by atoms with Gasteiger partial charge in [-0.2, -0.15) is 0 Å². The lowest BCUT2D eigenvalue weighted by atomic mass is 10.1. The maximum atomic E-state index is 11.4. The third-order valence-electron chi connectivity index (χ3n) is 3.19. The van der Waals surface area contributed by atoms with Crippen molar-refractivity contribution in [3.63, 3.8) is 0 Å². The van der Waals surface area contributed by atoms with Crippen LogP contribution in [0.1, 0.15) is 53.4 Å². The zero-order valence-corrected chi connectivity index (χ0v) is 18.9. The van der Waals surface area contributed by atoms with Crippen LogP contribution in [-0.4, -0.2) is 6.61 Å². The van der Waals surface area contributed by atoms with Gasteiger partial charge in [-0.15, -0.1) is 0 Å². The fourth-order valence-corrected chi connectivity index (χ4v) is 4.69. The largest absolute Gasteiger partial charge is 0.790 e. The second kappa shape index (κ2) is 12.4. The molecule has 0 aliphatic heterocycles. The third kappa shape index (κ3) is 16.6. The van der Waals surface area contributed by atoms with Crippen molar-refractivity contribution in [2.75, 3.05) is 6.61 Å². The molecular formula is C15H25O10P3-4. The normalized spacial score (nSPS) is 17.7. The second-order valence-electron chi connectivity index (χ2n) is 6.26. The van der Waals surface area contributed by atoms with Gasteiger partial charge in [0.1, 0.15) is 0 Å². The van der Waals surface area contributed by atoms with Gasteiger partial charge in [0.2, 0.25) is 0 Å². The number of rotatable bonds is 13. The standard InChI is InChI=1S/C15H29O10P3/c1-13(2)7-5-8-14(3)9-6-10-15(4)11-12-23-27(19,20)25-28(21,22)24-26(16,17)18/h7,9,11H,5-6,8,10,12H2,1-4H3,(H,19,20)(H,21,22)(H2,16,17,18)/p-4/b14-9+,15-11+. The van der Waals surface area contributed by atoms with Gasteiger partial charge in [0.15, 0.2) is 0 Å². The van der Waals surface area contributed by atoms with Crippen molar-refractivity contribution in [2.24, 2.45) is 0 Å². The molecule has 0 saturated heterocycles. The van der Waals surface area contributed by atoms with E-state index in [0.717, 1.165) is 24.8 Å². The lowest BCUT2D eigenvalue weighted by molar-refractivity contribution is -0.339. The fourth-order valence-electron chi connectivity index (χ4n) is 1.89. The Balaban J connectivity index is 4.42. The van der Waals surface area contributed by atoms with Crippen LogP contribution in [0.4, 0.5) is 0 Å². The molecule has 2 unspecified atom stereocenters. The molecule has 0 rings (SSSR count). The first-order valence-corrected chi connectivity index (χ1v) is 12.7. The van der Waals surface area contributed by atoms with Gasteiger partial charge in [-0.3, -0.25) is 13.4 Å². The lowest BCUT2D eigenvalue weighted by Crippen LogP contribution is -2.20. The van der Waals surface area contributed by atoms with Gasteiger partial charge in [-0.25, -0.2) is 4.31 Å². The van der Waals surface area contributed by atoms with E-state index in [1.165, 1.54) is 17.2 Å². The molecule has 13 heteroatoms. The van der Waals surface area contributed by atoms with E-state index in [1.54, 1.807) is 6.92 Å². The van der Waals surface area contributed by atoms with Crippen molar-refractivity contribution in [1.29, 1.82) is 0 Å². The molecule has 28 heavy (non-hydrogen) atoms. The van der Waals surface area contributed by atoms with Crippen LogP contribution in [0.15, 0.2) is 34.9 Å². The van der Waals surface area contributed by atoms with Gasteiger partial charge in [-0.05, 0) is 53.4 Å². The first-order valence-electron chi connectivity index (χ1n) is 8.28. The number of phosphoric acid groups is 3. The van der Waals surface area contributed by atoms with Crippen LogP contribution in [0.3, 0.4) is 0 Å². The van der Waals surface area contributed by atoms with Gasteiger partial charge in [0.25, 0.3) is 15.6 Å². The summed E-state index contributed by atoms with van der Waals surface area (Å²) in [5.74, 6) is 0. The highest BCUT2D eigenvalue weighted by atomic mass is 31.3. The summed E-state index contributed by atoms with van der Waals surface area (Å²) in [7, 11) is -17.3. The SMILES string of the molecule is CC(C)=CCC/C(C)=C/CC/C(C)=C/COP(=O)([O-])OP(=O)([O-])OP(=O)([O-])[O-]. The van der Waals surface area contributed by atoms with Crippen LogP contribution in [0.5, 0.6) is 0 Å². The van der Waals surface area contributed by atoms with Crippen LogP contribution in [-0.2, 0) is 26.8 Å². The molecule has 0 aliphatic rings. The molecule has 0 saturated carbocycles. The molecule has 0 fully saturated rings. The topological polar surface area (TPSA) is 171 Å².